The molecule has 3 aromatic rings. The molecule has 138 valence electrons. The van der Waals surface area contributed by atoms with E-state index in [1.165, 1.54) is 24.3 Å². The van der Waals surface area contributed by atoms with Crippen molar-refractivity contribution in [3.05, 3.63) is 76.3 Å². The Balaban J connectivity index is 1.84. The highest BCUT2D eigenvalue weighted by Crippen LogP contribution is 2.22. The van der Waals surface area contributed by atoms with Gasteiger partial charge in [-0.15, -0.1) is 9.19 Å². The standard InChI is InChI=1S/C16H12N4O6S/c17-14-10-15(18-19(14)27(24,25)13-4-2-1-3-5-13)26-16(21)11-6-8-12(9-7-11)20(22)23/h1-10H,17H2. The van der Waals surface area contributed by atoms with Crippen molar-refractivity contribution in [3.8, 4) is 5.88 Å². The van der Waals surface area contributed by atoms with E-state index in [1.807, 2.05) is 0 Å². The largest absolute Gasteiger partial charge is 0.402 e. The molecule has 0 amide bonds. The van der Waals surface area contributed by atoms with Gasteiger partial charge in [-0.2, -0.15) is 8.42 Å². The Bertz CT molecular complexity index is 1110. The van der Waals surface area contributed by atoms with E-state index in [4.69, 9.17) is 10.5 Å². The van der Waals surface area contributed by atoms with Gasteiger partial charge in [0.15, 0.2) is 0 Å². The highest BCUT2D eigenvalue weighted by Gasteiger charge is 2.23. The van der Waals surface area contributed by atoms with Gasteiger partial charge in [-0.3, -0.25) is 10.1 Å². The second-order valence-electron chi connectivity index (χ2n) is 5.26. The average Bonchev–Trinajstić information content (AvgIpc) is 3.03. The zero-order valence-corrected chi connectivity index (χ0v) is 14.4. The van der Waals surface area contributed by atoms with Crippen molar-refractivity contribution >= 4 is 27.5 Å². The van der Waals surface area contributed by atoms with E-state index in [2.05, 4.69) is 5.10 Å². The zero-order valence-electron chi connectivity index (χ0n) is 13.6. The summed E-state index contributed by atoms with van der Waals surface area (Å²) in [6.45, 7) is 0. The van der Waals surface area contributed by atoms with Crippen molar-refractivity contribution in [2.24, 2.45) is 0 Å². The van der Waals surface area contributed by atoms with Crippen molar-refractivity contribution in [1.29, 1.82) is 0 Å². The van der Waals surface area contributed by atoms with Gasteiger partial charge in [-0.05, 0) is 24.3 Å². The van der Waals surface area contributed by atoms with Crippen LogP contribution in [0, 0.1) is 10.1 Å². The molecule has 0 unspecified atom stereocenters. The number of ether oxygens (including phenoxy) is 1. The molecule has 1 heterocycles. The Labute approximate surface area is 153 Å². The maximum atomic E-state index is 12.5. The van der Waals surface area contributed by atoms with Crippen molar-refractivity contribution in [2.45, 2.75) is 4.90 Å². The van der Waals surface area contributed by atoms with Crippen molar-refractivity contribution < 1.29 is 22.9 Å². The minimum absolute atomic E-state index is 0.0274. The minimum atomic E-state index is -4.05. The summed E-state index contributed by atoms with van der Waals surface area (Å²) in [7, 11) is -4.05. The molecule has 0 aliphatic rings. The van der Waals surface area contributed by atoms with Crippen LogP contribution < -0.4 is 10.5 Å². The molecule has 10 nitrogen and oxygen atoms in total. The third-order valence-electron chi connectivity index (χ3n) is 3.46. The number of hydrogen-bond acceptors (Lipinski definition) is 8. The lowest BCUT2D eigenvalue weighted by atomic mass is 10.2. The molecule has 27 heavy (non-hydrogen) atoms. The maximum absolute atomic E-state index is 12.5. The molecule has 0 atom stereocenters. The Morgan fingerprint density at radius 3 is 2.33 bits per heavy atom. The van der Waals surface area contributed by atoms with Crippen molar-refractivity contribution in [2.75, 3.05) is 5.73 Å². The number of rotatable bonds is 5. The first-order valence-electron chi connectivity index (χ1n) is 7.42. The summed E-state index contributed by atoms with van der Waals surface area (Å²) in [5.41, 5.74) is 5.53. The molecule has 2 aromatic carbocycles. The molecular weight excluding hydrogens is 376 g/mol. The van der Waals surface area contributed by atoms with Crippen LogP contribution in [-0.4, -0.2) is 28.5 Å². The number of carbonyl (C=O) groups is 1. The quantitative estimate of drug-likeness (QED) is 0.395. The van der Waals surface area contributed by atoms with Gasteiger partial charge in [-0.1, -0.05) is 18.2 Å². The minimum Gasteiger partial charge on any atom is -0.402 e. The highest BCUT2D eigenvalue weighted by atomic mass is 32.2. The number of non-ortho nitro benzene ring substituents is 1. The van der Waals surface area contributed by atoms with Gasteiger partial charge >= 0.3 is 5.97 Å². The van der Waals surface area contributed by atoms with Gasteiger partial charge in [0.1, 0.15) is 5.82 Å². The number of benzene rings is 2. The summed E-state index contributed by atoms with van der Waals surface area (Å²) < 4.78 is 30.6. The SMILES string of the molecule is Nc1cc(OC(=O)c2ccc([N+](=O)[O-])cc2)nn1S(=O)(=O)c1ccccc1. The number of nitrogens with two attached hydrogens (primary N) is 1. The van der Waals surface area contributed by atoms with E-state index < -0.39 is 20.9 Å². The second-order valence-corrected chi connectivity index (χ2v) is 7.03. The molecule has 0 aliphatic carbocycles. The Morgan fingerprint density at radius 1 is 1.11 bits per heavy atom. The molecular formula is C16H12N4O6S. The number of nitro benzene ring substituents is 1. The lowest BCUT2D eigenvalue weighted by molar-refractivity contribution is -0.384. The van der Waals surface area contributed by atoms with Gasteiger partial charge in [-0.25, -0.2) is 4.79 Å². The molecule has 0 fully saturated rings. The predicted octanol–water partition coefficient (Wildman–Crippen LogP) is 1.83. The maximum Gasteiger partial charge on any atom is 0.344 e. The van der Waals surface area contributed by atoms with Crippen LogP contribution in [-0.2, 0) is 10.0 Å². The summed E-state index contributed by atoms with van der Waals surface area (Å²) in [6, 6.07) is 13.3. The van der Waals surface area contributed by atoms with Crippen LogP contribution >= 0.6 is 0 Å². The Kier molecular flexibility index (Phi) is 4.60. The smallest absolute Gasteiger partial charge is 0.344 e. The topological polar surface area (TPSA) is 147 Å². The average molecular weight is 388 g/mol. The van der Waals surface area contributed by atoms with Crippen molar-refractivity contribution in [1.82, 2.24) is 9.19 Å². The van der Waals surface area contributed by atoms with E-state index in [-0.39, 0.29) is 27.8 Å². The number of anilines is 1. The van der Waals surface area contributed by atoms with E-state index in [0.717, 1.165) is 18.2 Å². The molecule has 0 aliphatic heterocycles. The van der Waals surface area contributed by atoms with E-state index in [0.29, 0.717) is 4.09 Å². The monoisotopic (exact) mass is 388 g/mol. The van der Waals surface area contributed by atoms with Crippen LogP contribution in [0.3, 0.4) is 0 Å². The first-order chi connectivity index (χ1) is 12.8. The fraction of sp³-hybridized carbons (Fsp3) is 0. The van der Waals surface area contributed by atoms with Gasteiger partial charge in [0.25, 0.3) is 15.7 Å². The van der Waals surface area contributed by atoms with E-state index >= 15 is 0 Å². The number of nitrogens with zero attached hydrogens (tertiary/aromatic N) is 3. The Hall–Kier alpha value is -3.73. The molecule has 0 bridgehead atoms. The number of nitrogen functional groups attached to an aromatic ring is 1. The van der Waals surface area contributed by atoms with Crippen molar-refractivity contribution in [3.63, 3.8) is 0 Å². The summed E-state index contributed by atoms with van der Waals surface area (Å²) in [5.74, 6) is -1.44. The number of carbonyl (C=O) groups excluding carboxylic acids is 1. The van der Waals surface area contributed by atoms with E-state index in [9.17, 15) is 23.3 Å². The summed E-state index contributed by atoms with van der Waals surface area (Å²) in [5, 5.41) is 14.4. The fourth-order valence-corrected chi connectivity index (χ4v) is 3.38. The van der Waals surface area contributed by atoms with E-state index in [1.54, 1.807) is 18.2 Å². The Morgan fingerprint density at radius 2 is 1.74 bits per heavy atom. The predicted molar refractivity (Wildman–Crippen MR) is 93.7 cm³/mol. The highest BCUT2D eigenvalue weighted by molar-refractivity contribution is 7.90. The van der Waals surface area contributed by atoms with Crippen LogP contribution in [0.15, 0.2) is 65.6 Å². The number of esters is 1. The second kappa shape index (κ2) is 6.88. The van der Waals surface area contributed by atoms with Crippen LogP contribution in [0.25, 0.3) is 0 Å². The number of nitro groups is 1. The lowest BCUT2D eigenvalue weighted by Gasteiger charge is -2.05. The first kappa shape index (κ1) is 18.1. The summed E-state index contributed by atoms with van der Waals surface area (Å²) >= 11 is 0. The van der Waals surface area contributed by atoms with Crippen LogP contribution in [0.4, 0.5) is 11.5 Å². The first-order valence-corrected chi connectivity index (χ1v) is 8.86. The van der Waals surface area contributed by atoms with Gasteiger partial charge in [0, 0.05) is 18.2 Å². The van der Waals surface area contributed by atoms with Crippen LogP contribution in [0.1, 0.15) is 10.4 Å². The molecule has 0 saturated carbocycles. The molecule has 3 rings (SSSR count). The molecule has 0 saturated heterocycles. The number of hydrogen-bond donors (Lipinski definition) is 1. The normalized spacial score (nSPS) is 11.1. The molecule has 11 heteroatoms. The number of aromatic nitrogens is 2. The molecule has 1 aromatic heterocycles. The molecule has 0 spiro atoms. The van der Waals surface area contributed by atoms with Gasteiger partial charge in [0.2, 0.25) is 5.88 Å². The lowest BCUT2D eigenvalue weighted by Crippen LogP contribution is -2.17. The molecule has 2 N–H and O–H groups in total. The van der Waals surface area contributed by atoms with Gasteiger partial charge < -0.3 is 10.5 Å². The summed E-state index contributed by atoms with van der Waals surface area (Å²) in [6.07, 6.45) is 0. The fourth-order valence-electron chi connectivity index (χ4n) is 2.17. The van der Waals surface area contributed by atoms with Crippen LogP contribution in [0.2, 0.25) is 0 Å². The third-order valence-corrected chi connectivity index (χ3v) is 5.08. The van der Waals surface area contributed by atoms with Gasteiger partial charge in [0.05, 0.1) is 15.4 Å². The molecule has 0 radical (unpaired) electrons. The van der Waals surface area contributed by atoms with Crippen LogP contribution in [0.5, 0.6) is 5.88 Å². The third kappa shape index (κ3) is 3.62. The zero-order chi connectivity index (χ0) is 19.6. The summed E-state index contributed by atoms with van der Waals surface area (Å²) in [4.78, 5) is 22.1.